The van der Waals surface area contributed by atoms with Gasteiger partial charge in [0.25, 0.3) is 0 Å². The molecule has 1 aliphatic heterocycles. The Hall–Kier alpha value is -2.60. The van der Waals surface area contributed by atoms with Crippen molar-refractivity contribution in [1.29, 1.82) is 0 Å². The van der Waals surface area contributed by atoms with E-state index in [1.165, 1.54) is 16.4 Å². The number of hydrogen-bond donors (Lipinski definition) is 3. The predicted octanol–water partition coefficient (Wildman–Crippen LogP) is 5.87. The quantitative estimate of drug-likeness (QED) is 0.229. The second-order valence-corrected chi connectivity index (χ2v) is 11.6. The molecule has 1 unspecified atom stereocenters. The Balaban J connectivity index is 1.62. The third kappa shape index (κ3) is 5.18. The molecular formula is C23H28ClN5O4S2. The van der Waals surface area contributed by atoms with Crippen molar-refractivity contribution in [2.45, 2.75) is 50.5 Å². The number of aromatic hydroxyl groups is 1. The molecule has 0 aliphatic carbocycles. The molecule has 1 atom stereocenters. The van der Waals surface area contributed by atoms with E-state index < -0.39 is 15.8 Å². The van der Waals surface area contributed by atoms with Crippen molar-refractivity contribution in [3.63, 3.8) is 0 Å². The average molecular weight is 538 g/mol. The van der Waals surface area contributed by atoms with Gasteiger partial charge in [-0.05, 0) is 49.4 Å². The maximum Gasteiger partial charge on any atom is 0.248 e. The molecule has 0 spiro atoms. The van der Waals surface area contributed by atoms with Crippen LogP contribution in [-0.4, -0.2) is 39.7 Å². The maximum absolute atomic E-state index is 13.1. The van der Waals surface area contributed by atoms with Crippen LogP contribution in [0.15, 0.2) is 45.9 Å². The molecule has 0 bridgehead atoms. The number of nitrogens with zero attached hydrogens (tertiary/aromatic N) is 3. The maximum atomic E-state index is 13.1. The molecule has 0 radical (unpaired) electrons. The lowest BCUT2D eigenvalue weighted by atomic mass is 10.0. The molecule has 1 aliphatic rings. The summed E-state index contributed by atoms with van der Waals surface area (Å²) in [5, 5.41) is 17.1. The zero-order valence-corrected chi connectivity index (χ0v) is 22.1. The number of anilines is 3. The first-order chi connectivity index (χ1) is 16.6. The van der Waals surface area contributed by atoms with Crippen molar-refractivity contribution in [1.82, 2.24) is 13.1 Å². The zero-order valence-electron chi connectivity index (χ0n) is 19.7. The summed E-state index contributed by atoms with van der Waals surface area (Å²) >= 11 is 7.19. The minimum absolute atomic E-state index is 0.0455. The highest BCUT2D eigenvalue weighted by Crippen LogP contribution is 2.41. The molecule has 9 nitrogen and oxygen atoms in total. The van der Waals surface area contributed by atoms with Crippen LogP contribution in [0, 0.1) is 0 Å². The minimum atomic E-state index is -3.94. The van der Waals surface area contributed by atoms with Crippen molar-refractivity contribution in [3.8, 4) is 5.75 Å². The van der Waals surface area contributed by atoms with Crippen LogP contribution in [0.1, 0.15) is 56.9 Å². The van der Waals surface area contributed by atoms with E-state index in [1.807, 2.05) is 13.0 Å². The number of benzene rings is 1. The molecule has 4 rings (SSSR count). The van der Waals surface area contributed by atoms with Gasteiger partial charge in [-0.15, -0.1) is 0 Å². The highest BCUT2D eigenvalue weighted by molar-refractivity contribution is 7.89. The molecular weight excluding hydrogens is 510 g/mol. The van der Waals surface area contributed by atoms with Crippen molar-refractivity contribution >= 4 is 50.7 Å². The van der Waals surface area contributed by atoms with E-state index >= 15 is 0 Å². The van der Waals surface area contributed by atoms with Crippen LogP contribution in [0.25, 0.3) is 0 Å². The van der Waals surface area contributed by atoms with Gasteiger partial charge in [0.15, 0.2) is 17.4 Å². The van der Waals surface area contributed by atoms with E-state index in [1.54, 1.807) is 6.26 Å². The van der Waals surface area contributed by atoms with E-state index in [4.69, 9.17) is 16.0 Å². The van der Waals surface area contributed by atoms with E-state index in [2.05, 4.69) is 39.8 Å². The number of phenolic OH excluding ortho intramolecular Hbond substituents is 1. The molecule has 35 heavy (non-hydrogen) atoms. The van der Waals surface area contributed by atoms with Gasteiger partial charge in [-0.2, -0.15) is 13.1 Å². The fourth-order valence-electron chi connectivity index (χ4n) is 3.84. The SMILES string of the molecule is C=C(C)C(Nc1nsnc1Nc1ccc(Cl)c(S(=O)(=O)N2CCCC2)c1O)c1cc(C(C)C)co1. The Kier molecular flexibility index (Phi) is 7.41. The first kappa shape index (κ1) is 25.5. The Morgan fingerprint density at radius 1 is 1.26 bits per heavy atom. The van der Waals surface area contributed by atoms with Gasteiger partial charge < -0.3 is 20.2 Å². The Morgan fingerprint density at radius 2 is 1.94 bits per heavy atom. The smallest absolute Gasteiger partial charge is 0.248 e. The van der Waals surface area contributed by atoms with Gasteiger partial charge in [-0.1, -0.05) is 37.6 Å². The van der Waals surface area contributed by atoms with E-state index in [-0.39, 0.29) is 21.6 Å². The highest BCUT2D eigenvalue weighted by Gasteiger charge is 2.33. The summed E-state index contributed by atoms with van der Waals surface area (Å²) in [6.07, 6.45) is 3.27. The zero-order chi connectivity index (χ0) is 25.3. The Bertz CT molecular complexity index is 1330. The molecule has 12 heteroatoms. The lowest BCUT2D eigenvalue weighted by Gasteiger charge is -2.19. The topological polar surface area (TPSA) is 121 Å². The molecule has 0 amide bonds. The van der Waals surface area contributed by atoms with Crippen LogP contribution in [0.5, 0.6) is 5.75 Å². The summed E-state index contributed by atoms with van der Waals surface area (Å²) in [6.45, 7) is 10.9. The van der Waals surface area contributed by atoms with Crippen LogP contribution in [0.3, 0.4) is 0 Å². The van der Waals surface area contributed by atoms with Gasteiger partial charge in [0, 0.05) is 13.1 Å². The molecule has 2 aromatic heterocycles. The average Bonchev–Trinajstić information content (AvgIpc) is 3.56. The number of halogens is 1. The van der Waals surface area contributed by atoms with Crippen molar-refractivity contribution < 1.29 is 17.9 Å². The minimum Gasteiger partial charge on any atom is -0.504 e. The molecule has 3 heterocycles. The van der Waals surface area contributed by atoms with Crippen LogP contribution < -0.4 is 10.6 Å². The van der Waals surface area contributed by atoms with Crippen LogP contribution in [0.4, 0.5) is 17.3 Å². The first-order valence-corrected chi connectivity index (χ1v) is 13.8. The summed E-state index contributed by atoms with van der Waals surface area (Å²) < 4.78 is 42.0. The number of sulfonamides is 1. The molecule has 3 N–H and O–H groups in total. The fourth-order valence-corrected chi connectivity index (χ4v) is 6.43. The monoisotopic (exact) mass is 537 g/mol. The molecule has 0 saturated carbocycles. The summed E-state index contributed by atoms with van der Waals surface area (Å²) in [7, 11) is -3.94. The van der Waals surface area contributed by atoms with Crippen LogP contribution in [0.2, 0.25) is 5.02 Å². The summed E-state index contributed by atoms with van der Waals surface area (Å²) in [5.74, 6) is 1.26. The van der Waals surface area contributed by atoms with Gasteiger partial charge in [-0.25, -0.2) is 8.42 Å². The third-order valence-corrected chi connectivity index (χ3v) is 8.78. The van der Waals surface area contributed by atoms with Crippen molar-refractivity contribution in [3.05, 3.63) is 53.0 Å². The lowest BCUT2D eigenvalue weighted by molar-refractivity contribution is 0.445. The summed E-state index contributed by atoms with van der Waals surface area (Å²) in [6, 6.07) is 4.55. The largest absolute Gasteiger partial charge is 0.504 e. The number of phenols is 1. The molecule has 1 fully saturated rings. The normalized spacial score (nSPS) is 15.5. The molecule has 188 valence electrons. The number of nitrogens with one attached hydrogen (secondary N) is 2. The Morgan fingerprint density at radius 3 is 2.57 bits per heavy atom. The fraction of sp³-hybridized carbons (Fsp3) is 0.391. The third-order valence-electron chi connectivity index (χ3n) is 5.85. The predicted molar refractivity (Wildman–Crippen MR) is 138 cm³/mol. The Labute approximate surface area is 214 Å². The van der Waals surface area contributed by atoms with Crippen molar-refractivity contribution in [2.24, 2.45) is 0 Å². The van der Waals surface area contributed by atoms with Crippen LogP contribution in [-0.2, 0) is 10.0 Å². The van der Waals surface area contributed by atoms with Gasteiger partial charge in [0.1, 0.15) is 16.7 Å². The standard InChI is InChI=1S/C23H28ClN5O4S2/c1-13(2)15-11-18(33-12-15)19(14(3)4)26-23-22(27-34-28-23)25-17-8-7-16(24)21(20(17)30)35(31,32)29-9-5-6-10-29/h7-8,11-13,19,30H,3,5-6,9-10H2,1-2,4H3,(H,25,27)(H,26,28). The number of aromatic nitrogens is 2. The van der Waals surface area contributed by atoms with Gasteiger partial charge in [0.2, 0.25) is 10.0 Å². The second-order valence-electron chi connectivity index (χ2n) is 8.83. The van der Waals surface area contributed by atoms with Gasteiger partial charge in [0.05, 0.1) is 28.7 Å². The van der Waals surface area contributed by atoms with E-state index in [0.717, 1.165) is 35.7 Å². The molecule has 1 saturated heterocycles. The molecule has 3 aromatic rings. The van der Waals surface area contributed by atoms with E-state index in [9.17, 15) is 13.5 Å². The first-order valence-electron chi connectivity index (χ1n) is 11.2. The highest BCUT2D eigenvalue weighted by atomic mass is 35.5. The number of rotatable bonds is 9. The summed E-state index contributed by atoms with van der Waals surface area (Å²) in [4.78, 5) is -0.319. The second kappa shape index (κ2) is 10.2. The van der Waals surface area contributed by atoms with Crippen molar-refractivity contribution in [2.75, 3.05) is 23.7 Å². The summed E-state index contributed by atoms with van der Waals surface area (Å²) in [5.41, 5.74) is 2.03. The lowest BCUT2D eigenvalue weighted by Crippen LogP contribution is -2.28. The van der Waals surface area contributed by atoms with Gasteiger partial charge in [-0.3, -0.25) is 0 Å². The van der Waals surface area contributed by atoms with E-state index in [0.29, 0.717) is 36.4 Å². The van der Waals surface area contributed by atoms with Gasteiger partial charge >= 0.3 is 0 Å². The molecule has 1 aromatic carbocycles. The number of hydrogen-bond acceptors (Lipinski definition) is 9. The van der Waals surface area contributed by atoms with Crippen LogP contribution >= 0.6 is 23.3 Å². The number of furan rings is 1.